The third-order valence-electron chi connectivity index (χ3n) is 3.56. The van der Waals surface area contributed by atoms with E-state index in [0.29, 0.717) is 31.3 Å². The topological polar surface area (TPSA) is 56.5 Å². The zero-order valence-electron chi connectivity index (χ0n) is 14.3. The van der Waals surface area contributed by atoms with Gasteiger partial charge in [-0.2, -0.15) is 0 Å². The molecule has 0 aliphatic heterocycles. The molecule has 0 saturated carbocycles. The van der Waals surface area contributed by atoms with Gasteiger partial charge in [0.2, 0.25) is 5.88 Å². The molecular weight excluding hydrogens is 316 g/mol. The van der Waals surface area contributed by atoms with Crippen LogP contribution in [0.1, 0.15) is 24.7 Å². The van der Waals surface area contributed by atoms with Crippen LogP contribution in [-0.2, 0) is 13.1 Å². The summed E-state index contributed by atoms with van der Waals surface area (Å²) >= 11 is 0. The van der Waals surface area contributed by atoms with Crippen LogP contribution in [0.4, 0.5) is 0 Å². The van der Waals surface area contributed by atoms with Crippen molar-refractivity contribution in [2.45, 2.75) is 26.4 Å². The van der Waals surface area contributed by atoms with Gasteiger partial charge in [0.1, 0.15) is 5.76 Å². The van der Waals surface area contributed by atoms with E-state index in [1.165, 1.54) is 0 Å². The first kappa shape index (κ1) is 17.0. The molecule has 130 valence electrons. The molecule has 1 aromatic carbocycles. The smallest absolute Gasteiger partial charge is 0.223 e. The average Bonchev–Trinajstić information content (AvgIpc) is 3.16. The highest BCUT2D eigenvalue weighted by molar-refractivity contribution is 5.42. The summed E-state index contributed by atoms with van der Waals surface area (Å²) in [6, 6.07) is 15.4. The minimum Gasteiger partial charge on any atom is -0.490 e. The summed E-state index contributed by atoms with van der Waals surface area (Å²) in [5.74, 6) is 2.86. The molecular formula is C20H22N2O3. The molecule has 0 radical (unpaired) electrons. The van der Waals surface area contributed by atoms with E-state index in [-0.39, 0.29) is 0 Å². The molecule has 0 aliphatic rings. The van der Waals surface area contributed by atoms with Crippen molar-refractivity contribution in [1.82, 2.24) is 10.3 Å². The van der Waals surface area contributed by atoms with Gasteiger partial charge in [-0.05, 0) is 36.8 Å². The van der Waals surface area contributed by atoms with Crippen LogP contribution in [0.3, 0.4) is 0 Å². The maximum atomic E-state index is 6.03. The van der Waals surface area contributed by atoms with Crippen molar-refractivity contribution in [3.63, 3.8) is 0 Å². The maximum Gasteiger partial charge on any atom is 0.223 e. The zero-order chi connectivity index (χ0) is 17.3. The molecule has 0 atom stereocenters. The van der Waals surface area contributed by atoms with Crippen LogP contribution in [0.2, 0.25) is 0 Å². The third kappa shape index (κ3) is 4.84. The lowest BCUT2D eigenvalue weighted by Gasteiger charge is -2.13. The van der Waals surface area contributed by atoms with Gasteiger partial charge >= 0.3 is 0 Å². The Balaban J connectivity index is 1.68. The number of aromatic nitrogens is 1. The first-order valence-electron chi connectivity index (χ1n) is 8.43. The molecule has 2 aromatic heterocycles. The number of hydrogen-bond acceptors (Lipinski definition) is 5. The number of rotatable bonds is 9. The molecule has 5 heteroatoms. The summed E-state index contributed by atoms with van der Waals surface area (Å²) in [5.41, 5.74) is 0.972. The molecule has 0 spiro atoms. The summed E-state index contributed by atoms with van der Waals surface area (Å²) in [4.78, 5) is 4.37. The predicted octanol–water partition coefficient (Wildman–Crippen LogP) is 4.55. The second-order valence-electron chi connectivity index (χ2n) is 5.55. The van der Waals surface area contributed by atoms with Gasteiger partial charge in [-0.3, -0.25) is 0 Å². The van der Waals surface area contributed by atoms with E-state index in [1.807, 2.05) is 48.5 Å². The molecule has 0 amide bonds. The van der Waals surface area contributed by atoms with E-state index < -0.39 is 0 Å². The fraction of sp³-hybridized carbons (Fsp3) is 0.250. The van der Waals surface area contributed by atoms with Crippen molar-refractivity contribution >= 4 is 0 Å². The van der Waals surface area contributed by atoms with Gasteiger partial charge in [0.25, 0.3) is 0 Å². The van der Waals surface area contributed by atoms with Crippen LogP contribution < -0.4 is 14.8 Å². The Labute approximate surface area is 147 Å². The lowest BCUT2D eigenvalue weighted by molar-refractivity contribution is 0.300. The average molecular weight is 338 g/mol. The monoisotopic (exact) mass is 338 g/mol. The lowest BCUT2D eigenvalue weighted by Crippen LogP contribution is -2.13. The fourth-order valence-corrected chi connectivity index (χ4v) is 2.35. The molecule has 1 N–H and O–H groups in total. The van der Waals surface area contributed by atoms with Crippen molar-refractivity contribution < 1.29 is 13.9 Å². The van der Waals surface area contributed by atoms with Gasteiger partial charge in [0, 0.05) is 18.3 Å². The quantitative estimate of drug-likeness (QED) is 0.620. The van der Waals surface area contributed by atoms with Gasteiger partial charge in [0.05, 0.1) is 19.4 Å². The van der Waals surface area contributed by atoms with Crippen molar-refractivity contribution in [3.8, 4) is 17.4 Å². The first-order chi connectivity index (χ1) is 12.4. The minimum absolute atomic E-state index is 0.571. The Bertz CT molecular complexity index is 772. The van der Waals surface area contributed by atoms with E-state index in [9.17, 15) is 0 Å². The van der Waals surface area contributed by atoms with Crippen LogP contribution in [0.15, 0.2) is 65.4 Å². The minimum atomic E-state index is 0.571. The summed E-state index contributed by atoms with van der Waals surface area (Å²) < 4.78 is 17.1. The Morgan fingerprint density at radius 2 is 1.88 bits per heavy atom. The Morgan fingerprint density at radius 3 is 2.68 bits per heavy atom. The van der Waals surface area contributed by atoms with Crippen molar-refractivity contribution in [2.24, 2.45) is 0 Å². The van der Waals surface area contributed by atoms with Crippen LogP contribution in [0, 0.1) is 0 Å². The van der Waals surface area contributed by atoms with E-state index >= 15 is 0 Å². The van der Waals surface area contributed by atoms with Gasteiger partial charge in [0.15, 0.2) is 11.5 Å². The highest BCUT2D eigenvalue weighted by atomic mass is 16.5. The Morgan fingerprint density at radius 1 is 1.00 bits per heavy atom. The maximum absolute atomic E-state index is 6.03. The first-order valence-corrected chi connectivity index (χ1v) is 8.43. The molecule has 0 bridgehead atoms. The number of furan rings is 1. The number of ether oxygens (including phenoxy) is 2. The predicted molar refractivity (Wildman–Crippen MR) is 95.8 cm³/mol. The van der Waals surface area contributed by atoms with Gasteiger partial charge < -0.3 is 19.2 Å². The lowest BCUT2D eigenvalue weighted by atomic mass is 10.2. The van der Waals surface area contributed by atoms with Gasteiger partial charge in [-0.25, -0.2) is 4.98 Å². The molecule has 0 unspecified atom stereocenters. The summed E-state index contributed by atoms with van der Waals surface area (Å²) in [7, 11) is 0. The highest BCUT2D eigenvalue weighted by Crippen LogP contribution is 2.31. The second kappa shape index (κ2) is 8.89. The number of pyridine rings is 1. The van der Waals surface area contributed by atoms with Gasteiger partial charge in [-0.15, -0.1) is 0 Å². The van der Waals surface area contributed by atoms with Crippen LogP contribution in [0.25, 0.3) is 0 Å². The van der Waals surface area contributed by atoms with Crippen molar-refractivity contribution in [3.05, 3.63) is 72.3 Å². The highest BCUT2D eigenvalue weighted by Gasteiger charge is 2.10. The third-order valence-corrected chi connectivity index (χ3v) is 3.56. The largest absolute Gasteiger partial charge is 0.490 e. The molecule has 3 rings (SSSR count). The molecule has 25 heavy (non-hydrogen) atoms. The standard InChI is InChI=1S/C20H22N2O3/c1-2-12-24-18-9-3-4-10-19(18)25-20-16(7-5-11-22-20)14-21-15-17-8-6-13-23-17/h3-11,13,21H,2,12,14-15H2,1H3. The number of nitrogens with zero attached hydrogens (tertiary/aromatic N) is 1. The summed E-state index contributed by atoms with van der Waals surface area (Å²) in [6.45, 7) is 4.00. The Kier molecular flexibility index (Phi) is 6.06. The van der Waals surface area contributed by atoms with E-state index in [1.54, 1.807) is 12.5 Å². The SMILES string of the molecule is CCCOc1ccccc1Oc1ncccc1CNCc1ccco1. The van der Waals surface area contributed by atoms with Crippen molar-refractivity contribution in [2.75, 3.05) is 6.61 Å². The van der Waals surface area contributed by atoms with Crippen LogP contribution in [0.5, 0.6) is 17.4 Å². The normalized spacial score (nSPS) is 10.6. The van der Waals surface area contributed by atoms with Crippen LogP contribution >= 0.6 is 0 Å². The molecule has 0 saturated heterocycles. The van der Waals surface area contributed by atoms with Crippen molar-refractivity contribution in [1.29, 1.82) is 0 Å². The Hall–Kier alpha value is -2.79. The van der Waals surface area contributed by atoms with Gasteiger partial charge in [-0.1, -0.05) is 25.1 Å². The molecule has 0 aliphatic carbocycles. The molecule has 2 heterocycles. The summed E-state index contributed by atoms with van der Waals surface area (Å²) in [6.07, 6.45) is 4.34. The molecule has 3 aromatic rings. The van der Waals surface area contributed by atoms with E-state index in [4.69, 9.17) is 13.9 Å². The zero-order valence-corrected chi connectivity index (χ0v) is 14.3. The molecule has 5 nitrogen and oxygen atoms in total. The second-order valence-corrected chi connectivity index (χ2v) is 5.55. The van der Waals surface area contributed by atoms with E-state index in [0.717, 1.165) is 23.5 Å². The van der Waals surface area contributed by atoms with E-state index in [2.05, 4.69) is 17.2 Å². The number of hydrogen-bond donors (Lipinski definition) is 1. The molecule has 0 fully saturated rings. The summed E-state index contributed by atoms with van der Waals surface area (Å²) in [5, 5.41) is 3.33. The fourth-order valence-electron chi connectivity index (χ4n) is 2.35. The van der Waals surface area contributed by atoms with Crippen LogP contribution in [-0.4, -0.2) is 11.6 Å². The number of benzene rings is 1. The number of nitrogens with one attached hydrogen (secondary N) is 1. The number of para-hydroxylation sites is 2.